The third kappa shape index (κ3) is 3.75. The molecule has 0 bridgehead atoms. The highest BCUT2D eigenvalue weighted by molar-refractivity contribution is 5.98. The van der Waals surface area contributed by atoms with Gasteiger partial charge in [0, 0.05) is 18.1 Å². The van der Waals surface area contributed by atoms with Crippen LogP contribution in [-0.2, 0) is 20.9 Å². The first-order valence-corrected chi connectivity index (χ1v) is 9.00. The number of nitro groups is 1. The number of methoxy groups -OCH3 is 1. The third-order valence-electron chi connectivity index (χ3n) is 4.98. The summed E-state index contributed by atoms with van der Waals surface area (Å²) >= 11 is 0. The van der Waals surface area contributed by atoms with Gasteiger partial charge in [0.1, 0.15) is 0 Å². The lowest BCUT2D eigenvalue weighted by molar-refractivity contribution is -0.766. The molecular formula is C19H26N3O6+. The van der Waals surface area contributed by atoms with Gasteiger partial charge in [-0.2, -0.15) is 4.48 Å². The van der Waals surface area contributed by atoms with Gasteiger partial charge in [0.2, 0.25) is 0 Å². The van der Waals surface area contributed by atoms with E-state index in [4.69, 9.17) is 4.74 Å². The topological polar surface area (TPSA) is 107 Å². The number of nitro benzene ring substituents is 1. The highest BCUT2D eigenvalue weighted by Crippen LogP contribution is 2.36. The average Bonchev–Trinajstić information content (AvgIpc) is 2.75. The van der Waals surface area contributed by atoms with Crippen molar-refractivity contribution in [3.05, 3.63) is 39.9 Å². The molecule has 0 radical (unpaired) electrons. The number of imide groups is 1. The van der Waals surface area contributed by atoms with Gasteiger partial charge in [0.25, 0.3) is 5.69 Å². The molecule has 1 aliphatic heterocycles. The van der Waals surface area contributed by atoms with E-state index < -0.39 is 26.9 Å². The second-order valence-corrected chi connectivity index (χ2v) is 7.93. The Morgan fingerprint density at radius 1 is 1.25 bits per heavy atom. The predicted molar refractivity (Wildman–Crippen MR) is 100.0 cm³/mol. The van der Waals surface area contributed by atoms with Gasteiger partial charge >= 0.3 is 17.9 Å². The SMILES string of the molecule is COC(=O)C[N@+]1(CC(C)C)C(=O)N(Cc2ccc([N+](=O)[O-])cc2)C(C)(C)C1=O. The summed E-state index contributed by atoms with van der Waals surface area (Å²) in [6.07, 6.45) is 0. The molecule has 0 aromatic heterocycles. The predicted octanol–water partition coefficient (Wildman–Crippen LogP) is 2.48. The summed E-state index contributed by atoms with van der Waals surface area (Å²) in [5.74, 6) is -0.999. The number of carbonyl (C=O) groups is 3. The minimum atomic E-state index is -1.14. The molecule has 1 atom stereocenters. The minimum absolute atomic E-state index is 0.00678. The van der Waals surface area contributed by atoms with Gasteiger partial charge in [-0.1, -0.05) is 26.0 Å². The zero-order chi connectivity index (χ0) is 21.3. The fourth-order valence-corrected chi connectivity index (χ4v) is 3.64. The smallest absolute Gasteiger partial charge is 0.428 e. The highest BCUT2D eigenvalue weighted by Gasteiger charge is 2.65. The number of hydrogen-bond acceptors (Lipinski definition) is 6. The Bertz CT molecular complexity index is 802. The van der Waals surface area contributed by atoms with E-state index in [0.29, 0.717) is 5.56 Å². The van der Waals surface area contributed by atoms with Gasteiger partial charge in [-0.25, -0.2) is 14.4 Å². The van der Waals surface area contributed by atoms with E-state index >= 15 is 0 Å². The molecule has 0 N–H and O–H groups in total. The third-order valence-corrected chi connectivity index (χ3v) is 4.98. The fourth-order valence-electron chi connectivity index (χ4n) is 3.64. The molecule has 9 nitrogen and oxygen atoms in total. The number of benzene rings is 1. The van der Waals surface area contributed by atoms with Crippen molar-refractivity contribution in [2.24, 2.45) is 5.92 Å². The van der Waals surface area contributed by atoms with Gasteiger partial charge in [-0.3, -0.25) is 15.0 Å². The van der Waals surface area contributed by atoms with Crippen LogP contribution >= 0.6 is 0 Å². The van der Waals surface area contributed by atoms with Crippen LogP contribution in [0, 0.1) is 16.0 Å². The molecule has 1 aromatic carbocycles. The van der Waals surface area contributed by atoms with Crippen molar-refractivity contribution >= 4 is 23.6 Å². The summed E-state index contributed by atoms with van der Waals surface area (Å²) in [6.45, 7) is 6.99. The zero-order valence-corrected chi connectivity index (χ0v) is 16.8. The van der Waals surface area contributed by atoms with E-state index in [-0.39, 0.29) is 37.1 Å². The monoisotopic (exact) mass is 392 g/mol. The summed E-state index contributed by atoms with van der Waals surface area (Å²) in [6, 6.07) is 5.36. The van der Waals surface area contributed by atoms with Gasteiger partial charge in [-0.05, 0) is 19.4 Å². The van der Waals surface area contributed by atoms with Gasteiger partial charge in [-0.15, -0.1) is 0 Å². The van der Waals surface area contributed by atoms with Crippen molar-refractivity contribution in [2.45, 2.75) is 39.8 Å². The molecule has 2 rings (SSSR count). The molecule has 3 amide bonds. The van der Waals surface area contributed by atoms with E-state index in [9.17, 15) is 24.5 Å². The summed E-state index contributed by atoms with van der Waals surface area (Å²) in [4.78, 5) is 50.4. The molecule has 0 unspecified atom stereocenters. The lowest BCUT2D eigenvalue weighted by Crippen LogP contribution is -2.59. The molecule has 9 heteroatoms. The fraction of sp³-hybridized carbons (Fsp3) is 0.526. The number of quaternary nitrogens is 1. The molecule has 0 saturated carbocycles. The maximum Gasteiger partial charge on any atom is 0.428 e. The van der Waals surface area contributed by atoms with Crippen LogP contribution in [0.2, 0.25) is 0 Å². The standard InChI is InChI=1S/C19H26N3O6/c1-13(2)11-22(12-16(23)28-5)17(24)19(3,4)20(18(22)25)10-14-6-8-15(9-7-14)21(26)27/h6-9,13H,10-12H2,1-5H3/q+1/t22-/m0/s1. The van der Waals surface area contributed by atoms with Crippen LogP contribution in [-0.4, -0.2) is 58.0 Å². The molecule has 28 heavy (non-hydrogen) atoms. The van der Waals surface area contributed by atoms with Gasteiger partial charge in [0.15, 0.2) is 12.1 Å². The Balaban J connectivity index is 2.42. The van der Waals surface area contributed by atoms with Crippen LogP contribution in [0.1, 0.15) is 33.3 Å². The first kappa shape index (κ1) is 21.5. The summed E-state index contributed by atoms with van der Waals surface area (Å²) in [5.41, 5.74) is -0.535. The lowest BCUT2D eigenvalue weighted by Gasteiger charge is -2.28. The van der Waals surface area contributed by atoms with Gasteiger partial charge < -0.3 is 4.74 Å². The number of esters is 1. The molecule has 0 aliphatic carbocycles. The number of non-ortho nitro benzene ring substituents is 1. The molecule has 152 valence electrons. The normalized spacial score (nSPS) is 21.3. The minimum Gasteiger partial charge on any atom is -0.465 e. The Labute approximate surface area is 163 Å². The van der Waals surface area contributed by atoms with Crippen molar-refractivity contribution in [1.82, 2.24) is 4.90 Å². The van der Waals surface area contributed by atoms with Crippen LogP contribution < -0.4 is 0 Å². The van der Waals surface area contributed by atoms with E-state index in [1.54, 1.807) is 26.0 Å². The molecule has 1 fully saturated rings. The van der Waals surface area contributed by atoms with E-state index in [2.05, 4.69) is 0 Å². The van der Waals surface area contributed by atoms with Crippen molar-refractivity contribution in [2.75, 3.05) is 20.2 Å². The van der Waals surface area contributed by atoms with Crippen molar-refractivity contribution < 1.29 is 28.5 Å². The maximum atomic E-state index is 13.4. The van der Waals surface area contributed by atoms with Crippen molar-refractivity contribution in [3.8, 4) is 0 Å². The lowest BCUT2D eigenvalue weighted by atomic mass is 10.0. The average molecular weight is 392 g/mol. The second-order valence-electron chi connectivity index (χ2n) is 7.93. The summed E-state index contributed by atoms with van der Waals surface area (Å²) < 4.78 is 4.11. The Kier molecular flexibility index (Phi) is 5.88. The van der Waals surface area contributed by atoms with Crippen molar-refractivity contribution in [3.63, 3.8) is 0 Å². The van der Waals surface area contributed by atoms with Gasteiger partial charge in [0.05, 0.1) is 25.1 Å². The highest BCUT2D eigenvalue weighted by atomic mass is 16.6. The Morgan fingerprint density at radius 3 is 2.29 bits per heavy atom. The van der Waals surface area contributed by atoms with E-state index in [1.165, 1.54) is 24.1 Å². The molecular weight excluding hydrogens is 366 g/mol. The Morgan fingerprint density at radius 2 is 1.82 bits per heavy atom. The maximum absolute atomic E-state index is 13.4. The number of ether oxygens (including phenoxy) is 1. The number of amides is 3. The summed E-state index contributed by atoms with van der Waals surface area (Å²) in [5, 5.41) is 10.8. The zero-order valence-electron chi connectivity index (χ0n) is 16.8. The van der Waals surface area contributed by atoms with E-state index in [0.717, 1.165) is 0 Å². The van der Waals surface area contributed by atoms with Crippen LogP contribution in [0.5, 0.6) is 0 Å². The van der Waals surface area contributed by atoms with Crippen LogP contribution in [0.3, 0.4) is 0 Å². The van der Waals surface area contributed by atoms with E-state index in [1.807, 2.05) is 13.8 Å². The molecule has 1 heterocycles. The van der Waals surface area contributed by atoms with Crippen LogP contribution in [0.4, 0.5) is 10.5 Å². The molecule has 0 spiro atoms. The number of nitrogens with zero attached hydrogens (tertiary/aromatic N) is 3. The largest absolute Gasteiger partial charge is 0.465 e. The number of urea groups is 1. The van der Waals surface area contributed by atoms with Crippen LogP contribution in [0.25, 0.3) is 0 Å². The second kappa shape index (κ2) is 7.67. The molecule has 1 saturated heterocycles. The Hall–Kier alpha value is -2.81. The number of carbonyl (C=O) groups excluding carboxylic acids is 3. The first-order valence-electron chi connectivity index (χ1n) is 9.00. The summed E-state index contributed by atoms with van der Waals surface area (Å²) in [7, 11) is 1.22. The molecule has 1 aromatic rings. The quantitative estimate of drug-likeness (QED) is 0.232. The van der Waals surface area contributed by atoms with Crippen LogP contribution in [0.15, 0.2) is 24.3 Å². The number of hydrogen-bond donors (Lipinski definition) is 0. The number of rotatable bonds is 7. The van der Waals surface area contributed by atoms with Crippen molar-refractivity contribution in [1.29, 1.82) is 0 Å². The molecule has 1 aliphatic rings. The first-order chi connectivity index (χ1) is 13.0.